The van der Waals surface area contributed by atoms with Crippen LogP contribution in [0.2, 0.25) is 0 Å². The summed E-state index contributed by atoms with van der Waals surface area (Å²) in [6.07, 6.45) is -3.09. The Morgan fingerprint density at radius 3 is 3.00 bits per heavy atom. The second-order valence-electron chi connectivity index (χ2n) is 7.30. The zero-order valence-corrected chi connectivity index (χ0v) is 18.3. The van der Waals surface area contributed by atoms with E-state index >= 15 is 0 Å². The standard InChI is InChI=1S/C17H17N6O8PS/c18-14-11-15(20-7-19-14)22(16-12(24)13-10(30-16)5-29-32(27,28)31-13)17(21-11)33-6-8-2-1-3-9(4-8)23(25)26/h1-4,7,10,12-13,16,24H,5-6H2,(H,27,28)(H2,18,19,20)/t10-,12-,13-,16-/m1/s1. The number of hydrogen-bond acceptors (Lipinski definition) is 12. The molecule has 16 heteroatoms. The van der Waals surface area contributed by atoms with E-state index in [1.54, 1.807) is 12.1 Å². The lowest BCUT2D eigenvalue weighted by molar-refractivity contribution is -0.384. The van der Waals surface area contributed by atoms with Crippen molar-refractivity contribution in [3.8, 4) is 0 Å². The number of phosphoric acid groups is 1. The molecule has 0 aliphatic carbocycles. The molecule has 0 saturated carbocycles. The van der Waals surface area contributed by atoms with E-state index in [9.17, 15) is 24.7 Å². The summed E-state index contributed by atoms with van der Waals surface area (Å²) in [6.45, 7) is -0.244. The number of nitrogens with zero attached hydrogens (tertiary/aromatic N) is 5. The number of phosphoric ester groups is 1. The lowest BCUT2D eigenvalue weighted by Gasteiger charge is -2.27. The van der Waals surface area contributed by atoms with Crippen molar-refractivity contribution in [3.63, 3.8) is 0 Å². The monoisotopic (exact) mass is 496 g/mol. The highest BCUT2D eigenvalue weighted by Gasteiger charge is 2.53. The smallest absolute Gasteiger partial charge is 0.386 e. The maximum Gasteiger partial charge on any atom is 0.472 e. The van der Waals surface area contributed by atoms with Gasteiger partial charge in [0.05, 0.1) is 11.5 Å². The number of non-ortho nitro benzene ring substituents is 1. The van der Waals surface area contributed by atoms with Gasteiger partial charge >= 0.3 is 7.82 Å². The molecule has 5 atom stereocenters. The third-order valence-corrected chi connectivity index (χ3v) is 7.19. The number of aromatic nitrogens is 4. The molecule has 4 N–H and O–H groups in total. The van der Waals surface area contributed by atoms with Crippen molar-refractivity contribution >= 4 is 42.3 Å². The Morgan fingerprint density at radius 2 is 2.21 bits per heavy atom. The van der Waals surface area contributed by atoms with Gasteiger partial charge in [-0.15, -0.1) is 0 Å². The van der Waals surface area contributed by atoms with E-state index in [1.807, 2.05) is 0 Å². The van der Waals surface area contributed by atoms with Crippen LogP contribution < -0.4 is 5.73 Å². The van der Waals surface area contributed by atoms with E-state index in [0.29, 0.717) is 16.5 Å². The minimum absolute atomic E-state index is 0.0408. The molecule has 0 amide bonds. The molecule has 33 heavy (non-hydrogen) atoms. The lowest BCUT2D eigenvalue weighted by Crippen LogP contribution is -2.39. The molecule has 14 nitrogen and oxygen atoms in total. The van der Waals surface area contributed by atoms with Gasteiger partial charge in [-0.25, -0.2) is 19.5 Å². The minimum Gasteiger partial charge on any atom is -0.386 e. The van der Waals surface area contributed by atoms with E-state index in [2.05, 4.69) is 15.0 Å². The number of thioether (sulfide) groups is 1. The first-order valence-corrected chi connectivity index (χ1v) is 12.1. The van der Waals surface area contributed by atoms with Gasteiger partial charge in [0.1, 0.15) is 24.6 Å². The van der Waals surface area contributed by atoms with Crippen LogP contribution in [-0.4, -0.2) is 59.4 Å². The lowest BCUT2D eigenvalue weighted by atomic mass is 10.1. The number of imidazole rings is 1. The van der Waals surface area contributed by atoms with Crippen LogP contribution in [0.5, 0.6) is 0 Å². The fourth-order valence-electron chi connectivity index (χ4n) is 3.69. The van der Waals surface area contributed by atoms with Gasteiger partial charge in [-0.3, -0.25) is 23.7 Å². The van der Waals surface area contributed by atoms with E-state index in [-0.39, 0.29) is 29.3 Å². The van der Waals surface area contributed by atoms with Crippen molar-refractivity contribution in [2.45, 2.75) is 35.4 Å². The molecule has 1 unspecified atom stereocenters. The van der Waals surface area contributed by atoms with E-state index in [4.69, 9.17) is 19.5 Å². The van der Waals surface area contributed by atoms with E-state index < -0.39 is 37.3 Å². The van der Waals surface area contributed by atoms with Gasteiger partial charge in [0.15, 0.2) is 28.4 Å². The Hall–Kier alpha value is -2.65. The Morgan fingerprint density at radius 1 is 1.39 bits per heavy atom. The van der Waals surface area contributed by atoms with Crippen LogP contribution in [0.25, 0.3) is 11.2 Å². The molecule has 0 radical (unpaired) electrons. The molecule has 2 aliphatic heterocycles. The van der Waals surface area contributed by atoms with Crippen molar-refractivity contribution in [1.82, 2.24) is 19.5 Å². The molecule has 2 saturated heterocycles. The van der Waals surface area contributed by atoms with Crippen molar-refractivity contribution in [2.24, 2.45) is 0 Å². The van der Waals surface area contributed by atoms with E-state index in [1.165, 1.54) is 34.8 Å². The summed E-state index contributed by atoms with van der Waals surface area (Å²) in [5, 5.41) is 22.3. The highest BCUT2D eigenvalue weighted by Crippen LogP contribution is 2.53. The maximum absolute atomic E-state index is 11.8. The average molecular weight is 496 g/mol. The highest BCUT2D eigenvalue weighted by molar-refractivity contribution is 7.98. The van der Waals surface area contributed by atoms with Crippen molar-refractivity contribution in [3.05, 3.63) is 46.3 Å². The molecule has 1 aromatic carbocycles. The Labute approximate surface area is 189 Å². The predicted molar refractivity (Wildman–Crippen MR) is 113 cm³/mol. The van der Waals surface area contributed by atoms with Crippen molar-refractivity contribution in [1.29, 1.82) is 0 Å². The van der Waals surface area contributed by atoms with Gasteiger partial charge in [-0.05, 0) is 5.56 Å². The number of nitrogens with two attached hydrogens (primary N) is 1. The number of nitro benzene ring substituents is 1. The number of aliphatic hydroxyl groups excluding tert-OH is 1. The van der Waals surface area contributed by atoms with E-state index in [0.717, 1.165) is 0 Å². The van der Waals surface area contributed by atoms with Crippen LogP contribution in [0.1, 0.15) is 11.8 Å². The van der Waals surface area contributed by atoms with Crippen LogP contribution in [0.15, 0.2) is 35.7 Å². The molecule has 2 fully saturated rings. The van der Waals surface area contributed by atoms with Gasteiger partial charge in [0.2, 0.25) is 0 Å². The number of anilines is 1. The topological polar surface area (TPSA) is 198 Å². The van der Waals surface area contributed by atoms with Crippen LogP contribution in [0, 0.1) is 10.1 Å². The summed E-state index contributed by atoms with van der Waals surface area (Å²) in [4.78, 5) is 32.9. The number of nitro groups is 1. The number of fused-ring (bicyclic) bond motifs is 2. The first-order chi connectivity index (χ1) is 15.7. The Balaban J connectivity index is 1.50. The molecular formula is C17H17N6O8PS. The molecule has 0 spiro atoms. The van der Waals surface area contributed by atoms with Crippen molar-refractivity contribution in [2.75, 3.05) is 12.3 Å². The van der Waals surface area contributed by atoms with Gasteiger partial charge < -0.3 is 20.5 Å². The third-order valence-electron chi connectivity index (χ3n) is 5.18. The first-order valence-electron chi connectivity index (χ1n) is 9.57. The summed E-state index contributed by atoms with van der Waals surface area (Å²) < 4.78 is 29.0. The third kappa shape index (κ3) is 4.08. The summed E-state index contributed by atoms with van der Waals surface area (Å²) >= 11 is 1.22. The quantitative estimate of drug-likeness (QED) is 0.198. The number of benzene rings is 1. The fraction of sp³-hybridized carbons (Fsp3) is 0.353. The molecule has 2 aromatic heterocycles. The van der Waals surface area contributed by atoms with Gasteiger partial charge in [0.25, 0.3) is 5.69 Å². The van der Waals surface area contributed by atoms with Gasteiger partial charge in [-0.1, -0.05) is 23.9 Å². The summed E-state index contributed by atoms with van der Waals surface area (Å²) in [5.41, 5.74) is 7.14. The number of aliphatic hydroxyl groups is 1. The molecule has 0 bridgehead atoms. The predicted octanol–water partition coefficient (Wildman–Crippen LogP) is 1.38. The zero-order chi connectivity index (χ0) is 23.3. The van der Waals surface area contributed by atoms with Gasteiger partial charge in [0, 0.05) is 17.9 Å². The Kier molecular flexibility index (Phi) is 5.56. The second-order valence-corrected chi connectivity index (χ2v) is 9.65. The first kappa shape index (κ1) is 22.2. The molecule has 4 heterocycles. The number of ether oxygens (including phenoxy) is 1. The molecule has 5 rings (SSSR count). The zero-order valence-electron chi connectivity index (χ0n) is 16.6. The minimum atomic E-state index is -4.30. The normalized spacial score (nSPS) is 29.3. The summed E-state index contributed by atoms with van der Waals surface area (Å²) in [6, 6.07) is 6.17. The molecular weight excluding hydrogens is 479 g/mol. The average Bonchev–Trinajstić information content (AvgIpc) is 3.30. The largest absolute Gasteiger partial charge is 0.472 e. The molecule has 2 aliphatic rings. The maximum atomic E-state index is 11.8. The van der Waals surface area contributed by atoms with Crippen molar-refractivity contribution < 1.29 is 33.3 Å². The SMILES string of the molecule is Nc1ncnc2c1nc(SCc1cccc([N+](=O)[O-])c1)n2[C@@H]1O[C@@H]2COP(=O)(O)O[C@H]2[C@H]1O. The van der Waals surface area contributed by atoms with Crippen LogP contribution in [-0.2, 0) is 24.1 Å². The fourth-order valence-corrected chi connectivity index (χ4v) is 5.62. The Bertz CT molecular complexity index is 1290. The highest BCUT2D eigenvalue weighted by atomic mass is 32.2. The van der Waals surface area contributed by atoms with Crippen LogP contribution in [0.3, 0.4) is 0 Å². The van der Waals surface area contributed by atoms with Crippen LogP contribution >= 0.6 is 19.6 Å². The number of nitrogen functional groups attached to an aromatic ring is 1. The number of hydrogen-bond donors (Lipinski definition) is 3. The summed E-state index contributed by atoms with van der Waals surface area (Å²) in [5.74, 6) is 0.416. The van der Waals surface area contributed by atoms with Gasteiger partial charge in [-0.2, -0.15) is 0 Å². The summed E-state index contributed by atoms with van der Waals surface area (Å²) in [7, 11) is -4.30. The molecule has 174 valence electrons. The van der Waals surface area contributed by atoms with Crippen LogP contribution in [0.4, 0.5) is 11.5 Å². The molecule has 3 aromatic rings. The second kappa shape index (κ2) is 8.29. The number of rotatable bonds is 5.